The van der Waals surface area contributed by atoms with Gasteiger partial charge in [-0.05, 0) is 67.8 Å². The molecule has 0 aliphatic carbocycles. The van der Waals surface area contributed by atoms with Crippen molar-refractivity contribution in [2.75, 3.05) is 13.7 Å². The van der Waals surface area contributed by atoms with E-state index in [0.29, 0.717) is 17.7 Å². The van der Waals surface area contributed by atoms with E-state index in [1.54, 1.807) is 30.5 Å². The van der Waals surface area contributed by atoms with Crippen molar-refractivity contribution in [2.24, 2.45) is 0 Å². The number of hydrogen-bond acceptors (Lipinski definition) is 7. The summed E-state index contributed by atoms with van der Waals surface area (Å²) in [4.78, 5) is 21.7. The maximum Gasteiger partial charge on any atom is 0.283 e. The fourth-order valence-electron chi connectivity index (χ4n) is 4.48. The number of benzene rings is 2. The molecule has 1 N–H and O–H groups in total. The highest BCUT2D eigenvalue weighted by molar-refractivity contribution is 7.90. The minimum Gasteiger partial charge on any atom is -0.495 e. The van der Waals surface area contributed by atoms with Crippen LogP contribution in [0.5, 0.6) is 5.75 Å². The second-order valence-electron chi connectivity index (χ2n) is 8.77. The van der Waals surface area contributed by atoms with Gasteiger partial charge in [-0.15, -0.1) is 0 Å². The Hall–Kier alpha value is -3.82. The first-order valence-corrected chi connectivity index (χ1v) is 13.0. The lowest BCUT2D eigenvalue weighted by molar-refractivity contribution is 0.0166. The van der Waals surface area contributed by atoms with E-state index in [1.165, 1.54) is 19.2 Å². The van der Waals surface area contributed by atoms with Gasteiger partial charge in [0.15, 0.2) is 0 Å². The van der Waals surface area contributed by atoms with Gasteiger partial charge in [0.25, 0.3) is 15.9 Å². The number of pyridine rings is 2. The fraction of sp³-hybridized carbons (Fsp3) is 0.222. The number of fused-ring (bicyclic) bond motifs is 1. The number of nitrogens with one attached hydrogen (secondary N) is 1. The maximum absolute atomic E-state index is 13.3. The molecule has 0 radical (unpaired) electrons. The van der Waals surface area contributed by atoms with Crippen molar-refractivity contribution in [3.63, 3.8) is 0 Å². The second kappa shape index (κ2) is 9.33. The van der Waals surface area contributed by atoms with Gasteiger partial charge in [0, 0.05) is 23.8 Å². The third-order valence-corrected chi connectivity index (χ3v) is 7.77. The number of carbonyl (C=O) groups excluding carboxylic acids is 1. The van der Waals surface area contributed by atoms with Crippen LogP contribution in [0.15, 0.2) is 77.8 Å². The monoisotopic (exact) mass is 503 g/mol. The SMILES string of the molecule is COc1ccc(C2(C)CCCO2)cc1S(=O)(=O)NC(=O)c1ccc2c(-c3ccccn3)cccc2n1. The molecule has 1 fully saturated rings. The topological polar surface area (TPSA) is 107 Å². The summed E-state index contributed by atoms with van der Waals surface area (Å²) in [6.45, 7) is 2.53. The standard InChI is InChI=1S/C27H25N3O5S/c1-27(14-6-16-35-27)18-10-13-24(34-2)25(17-18)36(32,33)30-26(31)23-12-11-20-19(7-5-9-22(20)29-23)21-8-3-4-15-28-21/h3-5,7-13,15,17H,6,14,16H2,1-2H3,(H,30,31). The molecule has 0 saturated carbocycles. The van der Waals surface area contributed by atoms with Crippen molar-refractivity contribution in [3.05, 3.63) is 84.2 Å². The molecule has 1 amide bonds. The molecule has 36 heavy (non-hydrogen) atoms. The van der Waals surface area contributed by atoms with Crippen LogP contribution in [0.3, 0.4) is 0 Å². The van der Waals surface area contributed by atoms with Crippen LogP contribution in [-0.4, -0.2) is 38.0 Å². The van der Waals surface area contributed by atoms with E-state index in [0.717, 1.165) is 29.5 Å². The van der Waals surface area contributed by atoms with E-state index in [9.17, 15) is 13.2 Å². The summed E-state index contributed by atoms with van der Waals surface area (Å²) in [5.74, 6) is -0.706. The van der Waals surface area contributed by atoms with Crippen molar-refractivity contribution in [2.45, 2.75) is 30.3 Å². The minimum absolute atomic E-state index is 0.0227. The Morgan fingerprint density at radius 2 is 1.94 bits per heavy atom. The molecule has 184 valence electrons. The Kier molecular flexibility index (Phi) is 6.19. The van der Waals surface area contributed by atoms with Crippen molar-refractivity contribution in [1.82, 2.24) is 14.7 Å². The molecule has 5 rings (SSSR count). The van der Waals surface area contributed by atoms with Crippen molar-refractivity contribution in [1.29, 1.82) is 0 Å². The van der Waals surface area contributed by atoms with Gasteiger partial charge in [-0.1, -0.05) is 24.3 Å². The summed E-state index contributed by atoms with van der Waals surface area (Å²) in [5, 5.41) is 0.801. The lowest BCUT2D eigenvalue weighted by Crippen LogP contribution is -2.32. The van der Waals surface area contributed by atoms with Gasteiger partial charge in [0.05, 0.1) is 23.9 Å². The summed E-state index contributed by atoms with van der Waals surface area (Å²) in [6.07, 6.45) is 3.36. The van der Waals surface area contributed by atoms with Gasteiger partial charge < -0.3 is 9.47 Å². The van der Waals surface area contributed by atoms with Crippen LogP contribution >= 0.6 is 0 Å². The maximum atomic E-state index is 13.3. The number of amides is 1. The van der Waals surface area contributed by atoms with Gasteiger partial charge in [-0.25, -0.2) is 18.1 Å². The Morgan fingerprint density at radius 1 is 1.08 bits per heavy atom. The van der Waals surface area contributed by atoms with Gasteiger partial charge in [0.2, 0.25) is 0 Å². The molecule has 1 saturated heterocycles. The molecular formula is C27H25N3O5S. The van der Waals surface area contributed by atoms with Crippen LogP contribution in [-0.2, 0) is 20.4 Å². The minimum atomic E-state index is -4.26. The molecule has 1 aliphatic heterocycles. The van der Waals surface area contributed by atoms with Crippen LogP contribution in [0.4, 0.5) is 0 Å². The van der Waals surface area contributed by atoms with Crippen LogP contribution in [0.1, 0.15) is 35.8 Å². The number of carbonyl (C=O) groups is 1. The van der Waals surface area contributed by atoms with Crippen molar-refractivity contribution >= 4 is 26.8 Å². The number of nitrogens with zero attached hydrogens (tertiary/aromatic N) is 2. The summed E-state index contributed by atoms with van der Waals surface area (Å²) < 4.78 is 39.9. The van der Waals surface area contributed by atoms with E-state index >= 15 is 0 Å². The number of ether oxygens (including phenoxy) is 2. The smallest absolute Gasteiger partial charge is 0.283 e. The molecule has 0 spiro atoms. The Balaban J connectivity index is 1.46. The lowest BCUT2D eigenvalue weighted by atomic mass is 9.93. The zero-order valence-corrected chi connectivity index (χ0v) is 20.7. The predicted molar refractivity (Wildman–Crippen MR) is 135 cm³/mol. The van der Waals surface area contributed by atoms with Crippen LogP contribution in [0.25, 0.3) is 22.2 Å². The van der Waals surface area contributed by atoms with Gasteiger partial charge in [-0.2, -0.15) is 0 Å². The van der Waals surface area contributed by atoms with Crippen molar-refractivity contribution in [3.8, 4) is 17.0 Å². The van der Waals surface area contributed by atoms with Gasteiger partial charge in [-0.3, -0.25) is 9.78 Å². The number of aromatic nitrogens is 2. The summed E-state index contributed by atoms with van der Waals surface area (Å²) >= 11 is 0. The number of methoxy groups -OCH3 is 1. The quantitative estimate of drug-likeness (QED) is 0.414. The molecule has 3 heterocycles. The molecule has 4 aromatic rings. The normalized spacial score (nSPS) is 17.7. The predicted octanol–water partition coefficient (Wildman–Crippen LogP) is 4.45. The molecule has 9 heteroatoms. The third-order valence-electron chi connectivity index (χ3n) is 6.42. The Morgan fingerprint density at radius 3 is 2.67 bits per heavy atom. The molecule has 1 atom stereocenters. The largest absolute Gasteiger partial charge is 0.495 e. The van der Waals surface area contributed by atoms with Gasteiger partial charge in [0.1, 0.15) is 16.3 Å². The van der Waals surface area contributed by atoms with Crippen LogP contribution < -0.4 is 9.46 Å². The van der Waals surface area contributed by atoms with E-state index in [-0.39, 0.29) is 16.3 Å². The number of rotatable bonds is 6. The molecule has 2 aromatic heterocycles. The van der Waals surface area contributed by atoms with E-state index < -0.39 is 21.5 Å². The molecule has 1 aliphatic rings. The fourth-order valence-corrected chi connectivity index (χ4v) is 5.64. The highest BCUT2D eigenvalue weighted by Crippen LogP contribution is 2.38. The Labute approximate surface area is 209 Å². The average Bonchev–Trinajstić information content (AvgIpc) is 3.35. The van der Waals surface area contributed by atoms with E-state index in [1.807, 2.05) is 37.3 Å². The summed E-state index contributed by atoms with van der Waals surface area (Å²) in [5.41, 5.74) is 2.28. The first kappa shape index (κ1) is 23.9. The highest BCUT2D eigenvalue weighted by atomic mass is 32.2. The van der Waals surface area contributed by atoms with E-state index in [4.69, 9.17) is 9.47 Å². The average molecular weight is 504 g/mol. The number of sulfonamides is 1. The van der Waals surface area contributed by atoms with Crippen LogP contribution in [0.2, 0.25) is 0 Å². The first-order valence-electron chi connectivity index (χ1n) is 11.5. The zero-order chi connectivity index (χ0) is 25.3. The lowest BCUT2D eigenvalue weighted by Gasteiger charge is -2.25. The first-order chi connectivity index (χ1) is 17.3. The molecule has 2 aromatic carbocycles. The molecule has 1 unspecified atom stereocenters. The summed E-state index contributed by atoms with van der Waals surface area (Å²) in [6, 6.07) is 19.2. The molecular weight excluding hydrogens is 478 g/mol. The third kappa shape index (κ3) is 4.43. The second-order valence-corrected chi connectivity index (χ2v) is 10.4. The van der Waals surface area contributed by atoms with E-state index in [2.05, 4.69) is 14.7 Å². The molecule has 8 nitrogen and oxygen atoms in total. The van der Waals surface area contributed by atoms with Crippen molar-refractivity contribution < 1.29 is 22.7 Å². The molecule has 0 bridgehead atoms. The number of hydrogen-bond donors (Lipinski definition) is 1. The Bertz CT molecular complexity index is 1550. The van der Waals surface area contributed by atoms with Crippen LogP contribution in [0, 0.1) is 0 Å². The zero-order valence-electron chi connectivity index (χ0n) is 19.9. The summed E-state index contributed by atoms with van der Waals surface area (Å²) in [7, 11) is -2.88. The highest BCUT2D eigenvalue weighted by Gasteiger charge is 2.34. The van der Waals surface area contributed by atoms with Gasteiger partial charge >= 0.3 is 0 Å².